The second-order valence-electron chi connectivity index (χ2n) is 8.02. The van der Waals surface area contributed by atoms with Crippen LogP contribution >= 0.6 is 0 Å². The van der Waals surface area contributed by atoms with Crippen LogP contribution in [0.2, 0.25) is 0 Å². The third kappa shape index (κ3) is 4.63. The lowest BCUT2D eigenvalue weighted by Crippen LogP contribution is -2.40. The van der Waals surface area contributed by atoms with Gasteiger partial charge in [-0.05, 0) is 54.6 Å². The van der Waals surface area contributed by atoms with Crippen LogP contribution in [0, 0.1) is 0 Å². The zero-order valence-corrected chi connectivity index (χ0v) is 19.8. The molecule has 1 saturated heterocycles. The lowest BCUT2D eigenvalue weighted by molar-refractivity contribution is 0.0729. The standard InChI is InChI=1S/C25H24N4O5S/c1-33-22-11-8-18(16-23(22)35(31,32)29-12-14-34-15-13-29)25(30)26-19-9-6-17(7-10-19)24-27-20-4-2-3-5-21(20)28-24/h2-11,16H,12-15H2,1H3,(H,26,30)(H,27,28). The molecule has 0 spiro atoms. The Hall–Kier alpha value is -3.73. The van der Waals surface area contributed by atoms with Crippen LogP contribution in [-0.2, 0) is 14.8 Å². The van der Waals surface area contributed by atoms with Gasteiger partial charge in [0.15, 0.2) is 0 Å². The minimum Gasteiger partial charge on any atom is -0.495 e. The number of anilines is 1. The number of aromatic nitrogens is 2. The quantitative estimate of drug-likeness (QED) is 0.426. The number of morpholine rings is 1. The normalized spacial score (nSPS) is 14.7. The Morgan fingerprint density at radius 2 is 1.80 bits per heavy atom. The Bertz CT molecular complexity index is 1440. The number of nitrogens with zero attached hydrogens (tertiary/aromatic N) is 2. The third-order valence-corrected chi connectivity index (χ3v) is 7.74. The van der Waals surface area contributed by atoms with E-state index in [1.165, 1.54) is 29.6 Å². The molecule has 1 amide bonds. The van der Waals surface area contributed by atoms with Crippen molar-refractivity contribution in [2.45, 2.75) is 4.90 Å². The molecule has 1 fully saturated rings. The van der Waals surface area contributed by atoms with Crippen LogP contribution in [0.25, 0.3) is 22.4 Å². The van der Waals surface area contributed by atoms with Crippen molar-refractivity contribution in [2.24, 2.45) is 0 Å². The molecule has 4 aromatic rings. The molecule has 1 aromatic heterocycles. The van der Waals surface area contributed by atoms with Gasteiger partial charge in [0.2, 0.25) is 10.0 Å². The molecule has 2 N–H and O–H groups in total. The van der Waals surface area contributed by atoms with Crippen molar-refractivity contribution in [3.63, 3.8) is 0 Å². The van der Waals surface area contributed by atoms with Crippen molar-refractivity contribution in [2.75, 3.05) is 38.7 Å². The van der Waals surface area contributed by atoms with Crippen LogP contribution in [0.15, 0.2) is 71.6 Å². The topological polar surface area (TPSA) is 114 Å². The largest absolute Gasteiger partial charge is 0.495 e. The molecule has 9 nitrogen and oxygen atoms in total. The van der Waals surface area contributed by atoms with Gasteiger partial charge in [-0.3, -0.25) is 4.79 Å². The first-order valence-electron chi connectivity index (χ1n) is 11.1. The number of hydrogen-bond acceptors (Lipinski definition) is 6. The first-order valence-corrected chi connectivity index (χ1v) is 12.5. The van der Waals surface area contributed by atoms with Crippen molar-refractivity contribution < 1.29 is 22.7 Å². The number of benzene rings is 3. The summed E-state index contributed by atoms with van der Waals surface area (Å²) in [7, 11) is -2.44. The van der Waals surface area contributed by atoms with E-state index in [9.17, 15) is 13.2 Å². The summed E-state index contributed by atoms with van der Waals surface area (Å²) >= 11 is 0. The fourth-order valence-corrected chi connectivity index (χ4v) is 5.54. The van der Waals surface area contributed by atoms with Gasteiger partial charge in [-0.25, -0.2) is 13.4 Å². The SMILES string of the molecule is COc1ccc(C(=O)Nc2ccc(-c3nc4ccccc4[nH]3)cc2)cc1S(=O)(=O)N1CCOCC1. The van der Waals surface area contributed by atoms with Crippen LogP contribution < -0.4 is 10.1 Å². The number of fused-ring (bicyclic) bond motifs is 1. The molecule has 0 saturated carbocycles. The molecule has 0 unspecified atom stereocenters. The van der Waals surface area contributed by atoms with E-state index in [1.54, 1.807) is 12.1 Å². The van der Waals surface area contributed by atoms with Crippen LogP contribution in [0.1, 0.15) is 10.4 Å². The Labute approximate surface area is 202 Å². The molecule has 10 heteroatoms. The number of carbonyl (C=O) groups excluding carboxylic acids is 1. The van der Waals surface area contributed by atoms with E-state index in [2.05, 4.69) is 15.3 Å². The number of imidazole rings is 1. The van der Waals surface area contributed by atoms with Crippen LogP contribution in [0.3, 0.4) is 0 Å². The number of amides is 1. The summed E-state index contributed by atoms with van der Waals surface area (Å²) in [6.07, 6.45) is 0. The average molecular weight is 493 g/mol. The molecule has 0 atom stereocenters. The summed E-state index contributed by atoms with van der Waals surface area (Å²) in [5.74, 6) is 0.489. The second-order valence-corrected chi connectivity index (χ2v) is 9.92. The molecule has 1 aliphatic heterocycles. The number of hydrogen-bond donors (Lipinski definition) is 2. The van der Waals surface area contributed by atoms with Gasteiger partial charge in [0.1, 0.15) is 16.5 Å². The minimum absolute atomic E-state index is 0.0465. The van der Waals surface area contributed by atoms with Crippen molar-refractivity contribution in [3.05, 3.63) is 72.3 Å². The first kappa shape index (κ1) is 23.0. The van der Waals surface area contributed by atoms with E-state index < -0.39 is 15.9 Å². The maximum atomic E-state index is 13.2. The van der Waals surface area contributed by atoms with Crippen molar-refractivity contribution in [1.29, 1.82) is 0 Å². The zero-order chi connectivity index (χ0) is 24.4. The van der Waals surface area contributed by atoms with E-state index in [0.29, 0.717) is 18.9 Å². The number of aromatic amines is 1. The molecule has 2 heterocycles. The molecule has 3 aromatic carbocycles. The van der Waals surface area contributed by atoms with Crippen LogP contribution in [0.4, 0.5) is 5.69 Å². The predicted octanol–water partition coefficient (Wildman–Crippen LogP) is 3.51. The predicted molar refractivity (Wildman–Crippen MR) is 132 cm³/mol. The fraction of sp³-hybridized carbons (Fsp3) is 0.200. The molecule has 0 aliphatic carbocycles. The monoisotopic (exact) mass is 492 g/mol. The maximum absolute atomic E-state index is 13.2. The molecule has 5 rings (SSSR count). The Morgan fingerprint density at radius 1 is 1.06 bits per heavy atom. The summed E-state index contributed by atoms with van der Waals surface area (Å²) in [5.41, 5.74) is 3.48. The molecule has 1 aliphatic rings. The number of carbonyl (C=O) groups is 1. The van der Waals surface area contributed by atoms with Gasteiger partial charge in [-0.15, -0.1) is 0 Å². The fourth-order valence-electron chi connectivity index (χ4n) is 3.95. The van der Waals surface area contributed by atoms with Crippen LogP contribution in [0.5, 0.6) is 5.75 Å². The van der Waals surface area contributed by atoms with Gasteiger partial charge >= 0.3 is 0 Å². The summed E-state index contributed by atoms with van der Waals surface area (Å²) in [4.78, 5) is 20.8. The zero-order valence-electron chi connectivity index (χ0n) is 19.0. The Morgan fingerprint density at radius 3 is 2.51 bits per heavy atom. The summed E-state index contributed by atoms with van der Waals surface area (Å²) in [6.45, 7) is 1.15. The number of rotatable bonds is 6. The van der Waals surface area contributed by atoms with E-state index in [0.717, 1.165) is 22.4 Å². The highest BCUT2D eigenvalue weighted by atomic mass is 32.2. The molecule has 0 radical (unpaired) electrons. The number of ether oxygens (including phenoxy) is 2. The van der Waals surface area contributed by atoms with Crippen molar-refractivity contribution in [1.82, 2.24) is 14.3 Å². The van der Waals surface area contributed by atoms with E-state index in [-0.39, 0.29) is 29.3 Å². The van der Waals surface area contributed by atoms with Gasteiger partial charge in [-0.1, -0.05) is 12.1 Å². The van der Waals surface area contributed by atoms with Crippen molar-refractivity contribution >= 4 is 32.7 Å². The highest BCUT2D eigenvalue weighted by molar-refractivity contribution is 7.89. The lowest BCUT2D eigenvalue weighted by Gasteiger charge is -2.26. The Kier molecular flexibility index (Phi) is 6.25. The minimum atomic E-state index is -3.84. The van der Waals surface area contributed by atoms with Gasteiger partial charge < -0.3 is 19.8 Å². The highest BCUT2D eigenvalue weighted by Crippen LogP contribution is 2.29. The van der Waals surface area contributed by atoms with Gasteiger partial charge in [0, 0.05) is 29.9 Å². The Balaban J connectivity index is 1.36. The summed E-state index contributed by atoms with van der Waals surface area (Å²) in [5, 5.41) is 2.82. The highest BCUT2D eigenvalue weighted by Gasteiger charge is 2.30. The summed E-state index contributed by atoms with van der Waals surface area (Å²) in [6, 6.07) is 19.4. The molecular weight excluding hydrogens is 468 g/mol. The second kappa shape index (κ2) is 9.49. The van der Waals surface area contributed by atoms with Gasteiger partial charge in [0.25, 0.3) is 5.91 Å². The number of nitrogens with one attached hydrogen (secondary N) is 2. The third-order valence-electron chi connectivity index (χ3n) is 5.82. The van der Waals surface area contributed by atoms with Crippen LogP contribution in [-0.4, -0.2) is 62.0 Å². The van der Waals surface area contributed by atoms with Gasteiger partial charge in [-0.2, -0.15) is 4.31 Å². The average Bonchev–Trinajstić information content (AvgIpc) is 3.33. The number of methoxy groups -OCH3 is 1. The maximum Gasteiger partial charge on any atom is 0.255 e. The lowest BCUT2D eigenvalue weighted by atomic mass is 10.1. The summed E-state index contributed by atoms with van der Waals surface area (Å²) < 4.78 is 38.2. The number of sulfonamides is 1. The van der Waals surface area contributed by atoms with Crippen molar-refractivity contribution in [3.8, 4) is 17.1 Å². The van der Waals surface area contributed by atoms with E-state index in [1.807, 2.05) is 36.4 Å². The number of H-pyrrole nitrogens is 1. The first-order chi connectivity index (χ1) is 17.0. The van der Waals surface area contributed by atoms with Gasteiger partial charge in [0.05, 0.1) is 31.4 Å². The molecule has 180 valence electrons. The molecule has 35 heavy (non-hydrogen) atoms. The smallest absolute Gasteiger partial charge is 0.255 e. The van der Waals surface area contributed by atoms with E-state index >= 15 is 0 Å². The van der Waals surface area contributed by atoms with E-state index in [4.69, 9.17) is 9.47 Å². The number of para-hydroxylation sites is 2. The molecular formula is C25H24N4O5S. The molecule has 0 bridgehead atoms.